The van der Waals surface area contributed by atoms with Crippen LogP contribution in [0.5, 0.6) is 11.5 Å². The van der Waals surface area contributed by atoms with Crippen LogP contribution in [0, 0.1) is 13.8 Å². The smallest absolute Gasteiger partial charge is 0.279 e. The van der Waals surface area contributed by atoms with Gasteiger partial charge in [-0.3, -0.25) is 20.4 Å². The van der Waals surface area contributed by atoms with Crippen LogP contribution in [0.4, 0.5) is 0 Å². The second kappa shape index (κ2) is 9.62. The van der Waals surface area contributed by atoms with Crippen molar-refractivity contribution in [2.45, 2.75) is 26.9 Å². The number of aryl methyl sites for hydroxylation is 2. The summed E-state index contributed by atoms with van der Waals surface area (Å²) in [6.45, 7) is 5.14. The van der Waals surface area contributed by atoms with Crippen LogP contribution in [0.25, 0.3) is 0 Å². The molecule has 0 saturated heterocycles. The van der Waals surface area contributed by atoms with Gasteiger partial charge in [0.05, 0.1) is 4.47 Å². The fourth-order valence-corrected chi connectivity index (χ4v) is 3.02. The summed E-state index contributed by atoms with van der Waals surface area (Å²) in [7, 11) is 0. The van der Waals surface area contributed by atoms with Gasteiger partial charge in [0, 0.05) is 5.02 Å². The van der Waals surface area contributed by atoms with Crippen LogP contribution in [0.3, 0.4) is 0 Å². The minimum absolute atomic E-state index is 0.218. The molecule has 2 aromatic rings. The molecule has 0 aliphatic carbocycles. The quantitative estimate of drug-likeness (QED) is 0.651. The molecule has 6 nitrogen and oxygen atoms in total. The number of nitrogens with one attached hydrogen (secondary N) is 2. The van der Waals surface area contributed by atoms with Gasteiger partial charge in [-0.05, 0) is 66.0 Å². The van der Waals surface area contributed by atoms with E-state index in [1.165, 1.54) is 0 Å². The zero-order chi connectivity index (χ0) is 20.0. The van der Waals surface area contributed by atoms with E-state index < -0.39 is 17.9 Å². The number of hydrogen-bond donors (Lipinski definition) is 2. The normalized spacial score (nSPS) is 11.4. The Morgan fingerprint density at radius 2 is 1.81 bits per heavy atom. The van der Waals surface area contributed by atoms with Gasteiger partial charge in [-0.25, -0.2) is 0 Å². The molecule has 0 aromatic heterocycles. The molecular formula is C19H20BrClN2O4. The zero-order valence-electron chi connectivity index (χ0n) is 15.1. The Bertz CT molecular complexity index is 824. The Balaban J connectivity index is 1.81. The fraction of sp³-hybridized carbons (Fsp3) is 0.263. The molecule has 2 rings (SSSR count). The van der Waals surface area contributed by atoms with E-state index in [0.717, 1.165) is 11.1 Å². The number of carbonyl (C=O) groups is 2. The molecule has 27 heavy (non-hydrogen) atoms. The number of amides is 2. The molecular weight excluding hydrogens is 436 g/mol. The molecule has 144 valence electrons. The highest BCUT2D eigenvalue weighted by atomic mass is 79.9. The Hall–Kier alpha value is -2.25. The van der Waals surface area contributed by atoms with Crippen LogP contribution in [0.15, 0.2) is 40.9 Å². The third kappa shape index (κ3) is 6.15. The lowest BCUT2D eigenvalue weighted by Crippen LogP contribution is -2.48. The first-order chi connectivity index (χ1) is 12.8. The number of rotatable bonds is 6. The lowest BCUT2D eigenvalue weighted by atomic mass is 10.1. The van der Waals surface area contributed by atoms with Crippen molar-refractivity contribution in [3.8, 4) is 11.5 Å². The van der Waals surface area contributed by atoms with Crippen molar-refractivity contribution in [3.05, 3.63) is 57.0 Å². The van der Waals surface area contributed by atoms with E-state index in [9.17, 15) is 9.59 Å². The summed E-state index contributed by atoms with van der Waals surface area (Å²) in [4.78, 5) is 24.0. The molecule has 2 N–H and O–H groups in total. The van der Waals surface area contributed by atoms with Crippen molar-refractivity contribution in [3.63, 3.8) is 0 Å². The summed E-state index contributed by atoms with van der Waals surface area (Å²) in [5.74, 6) is 0.137. The molecule has 1 unspecified atom stereocenters. The van der Waals surface area contributed by atoms with Gasteiger partial charge in [0.1, 0.15) is 11.5 Å². The summed E-state index contributed by atoms with van der Waals surface area (Å²) in [5, 5.41) is 0.544. The van der Waals surface area contributed by atoms with Crippen molar-refractivity contribution in [1.82, 2.24) is 10.9 Å². The highest BCUT2D eigenvalue weighted by Gasteiger charge is 2.17. The van der Waals surface area contributed by atoms with E-state index in [-0.39, 0.29) is 6.61 Å². The zero-order valence-corrected chi connectivity index (χ0v) is 17.5. The van der Waals surface area contributed by atoms with Crippen LogP contribution in [0.1, 0.15) is 18.1 Å². The van der Waals surface area contributed by atoms with Crippen molar-refractivity contribution in [2.24, 2.45) is 0 Å². The van der Waals surface area contributed by atoms with Crippen LogP contribution in [-0.4, -0.2) is 24.5 Å². The molecule has 0 fully saturated rings. The minimum Gasteiger partial charge on any atom is -0.483 e. The van der Waals surface area contributed by atoms with Gasteiger partial charge >= 0.3 is 0 Å². The predicted molar refractivity (Wildman–Crippen MR) is 107 cm³/mol. The lowest BCUT2D eigenvalue weighted by Gasteiger charge is -2.16. The highest BCUT2D eigenvalue weighted by Crippen LogP contribution is 2.28. The van der Waals surface area contributed by atoms with Crippen LogP contribution < -0.4 is 20.3 Å². The van der Waals surface area contributed by atoms with Gasteiger partial charge in [0.2, 0.25) is 0 Å². The molecule has 0 bridgehead atoms. The standard InChI is InChI=1S/C19H20BrClN2O4/c1-11-5-4-6-12(2)18(11)26-10-17(24)22-23-19(25)13(3)27-16-8-7-14(21)9-15(16)20/h4-9,13H,10H2,1-3H3,(H,22,24)(H,23,25). The maximum Gasteiger partial charge on any atom is 0.279 e. The Kier molecular flexibility index (Phi) is 7.50. The predicted octanol–water partition coefficient (Wildman–Crippen LogP) is 3.71. The van der Waals surface area contributed by atoms with Gasteiger partial charge in [0.25, 0.3) is 11.8 Å². The summed E-state index contributed by atoms with van der Waals surface area (Å²) < 4.78 is 11.7. The average molecular weight is 456 g/mol. The maximum absolute atomic E-state index is 12.1. The average Bonchev–Trinajstić information content (AvgIpc) is 2.61. The number of benzene rings is 2. The molecule has 0 heterocycles. The number of para-hydroxylation sites is 1. The van der Waals surface area contributed by atoms with Gasteiger partial charge in [0.15, 0.2) is 12.7 Å². The van der Waals surface area contributed by atoms with Crippen molar-refractivity contribution < 1.29 is 19.1 Å². The fourth-order valence-electron chi connectivity index (χ4n) is 2.25. The second-order valence-electron chi connectivity index (χ2n) is 5.88. The third-order valence-corrected chi connectivity index (χ3v) is 4.50. The Labute approximate surface area is 171 Å². The monoisotopic (exact) mass is 454 g/mol. The minimum atomic E-state index is -0.831. The van der Waals surface area contributed by atoms with E-state index in [0.29, 0.717) is 21.0 Å². The summed E-state index contributed by atoms with van der Waals surface area (Å²) in [6.07, 6.45) is -0.831. The van der Waals surface area contributed by atoms with E-state index in [1.807, 2.05) is 32.0 Å². The van der Waals surface area contributed by atoms with E-state index in [2.05, 4.69) is 26.8 Å². The summed E-state index contributed by atoms with van der Waals surface area (Å²) >= 11 is 9.18. The van der Waals surface area contributed by atoms with Gasteiger partial charge < -0.3 is 9.47 Å². The van der Waals surface area contributed by atoms with E-state index in [4.69, 9.17) is 21.1 Å². The first kappa shape index (κ1) is 21.1. The number of carbonyl (C=O) groups excluding carboxylic acids is 2. The van der Waals surface area contributed by atoms with E-state index in [1.54, 1.807) is 25.1 Å². The van der Waals surface area contributed by atoms with Crippen molar-refractivity contribution in [1.29, 1.82) is 0 Å². The molecule has 0 aliphatic rings. The number of hydrazine groups is 1. The first-order valence-electron chi connectivity index (χ1n) is 8.17. The number of hydrogen-bond acceptors (Lipinski definition) is 4. The number of ether oxygens (including phenoxy) is 2. The van der Waals surface area contributed by atoms with Gasteiger partial charge in [-0.15, -0.1) is 0 Å². The largest absolute Gasteiger partial charge is 0.483 e. The molecule has 0 radical (unpaired) electrons. The van der Waals surface area contributed by atoms with Crippen LogP contribution in [-0.2, 0) is 9.59 Å². The van der Waals surface area contributed by atoms with Gasteiger partial charge in [-0.1, -0.05) is 29.8 Å². The Morgan fingerprint density at radius 1 is 1.15 bits per heavy atom. The van der Waals surface area contributed by atoms with Crippen LogP contribution >= 0.6 is 27.5 Å². The maximum atomic E-state index is 12.1. The second-order valence-corrected chi connectivity index (χ2v) is 7.17. The summed E-state index contributed by atoms with van der Waals surface area (Å²) in [5.41, 5.74) is 6.49. The molecule has 8 heteroatoms. The van der Waals surface area contributed by atoms with Crippen LogP contribution in [0.2, 0.25) is 5.02 Å². The SMILES string of the molecule is Cc1cccc(C)c1OCC(=O)NNC(=O)C(C)Oc1ccc(Cl)cc1Br. The molecule has 0 saturated carbocycles. The highest BCUT2D eigenvalue weighted by molar-refractivity contribution is 9.10. The van der Waals surface area contributed by atoms with Crippen molar-refractivity contribution in [2.75, 3.05) is 6.61 Å². The van der Waals surface area contributed by atoms with E-state index >= 15 is 0 Å². The molecule has 2 aromatic carbocycles. The number of halogens is 2. The molecule has 0 aliphatic heterocycles. The summed E-state index contributed by atoms with van der Waals surface area (Å²) in [6, 6.07) is 10.7. The molecule has 2 amide bonds. The Morgan fingerprint density at radius 3 is 2.44 bits per heavy atom. The molecule has 0 spiro atoms. The third-order valence-electron chi connectivity index (χ3n) is 3.65. The first-order valence-corrected chi connectivity index (χ1v) is 9.34. The van der Waals surface area contributed by atoms with Gasteiger partial charge in [-0.2, -0.15) is 0 Å². The topological polar surface area (TPSA) is 76.7 Å². The molecule has 1 atom stereocenters. The lowest BCUT2D eigenvalue weighted by molar-refractivity contribution is -0.133. The van der Waals surface area contributed by atoms with Crippen molar-refractivity contribution >= 4 is 39.3 Å².